The number of hydrogen-bond acceptors (Lipinski definition) is 8. The molecule has 214 valence electrons. The van der Waals surface area contributed by atoms with Gasteiger partial charge in [-0.3, -0.25) is 0 Å². The van der Waals surface area contributed by atoms with Crippen molar-refractivity contribution in [1.82, 2.24) is 19.8 Å². The lowest BCUT2D eigenvalue weighted by Crippen LogP contribution is -2.46. The Labute approximate surface area is 231 Å². The number of alkyl halides is 3. The van der Waals surface area contributed by atoms with Crippen molar-refractivity contribution in [3.05, 3.63) is 59.6 Å². The summed E-state index contributed by atoms with van der Waals surface area (Å²) in [5, 5.41) is 17.7. The summed E-state index contributed by atoms with van der Waals surface area (Å²) in [5.41, 5.74) is 1.52. The number of hydrogen-bond donors (Lipinski definition) is 1. The molecule has 1 saturated carbocycles. The molecular formula is C28H26F3N5O5. The summed E-state index contributed by atoms with van der Waals surface area (Å²) in [7, 11) is 0. The van der Waals surface area contributed by atoms with Crippen LogP contribution in [0, 0.1) is 0 Å². The second-order valence-electron chi connectivity index (χ2n) is 10.8. The van der Waals surface area contributed by atoms with E-state index < -0.39 is 12.3 Å². The molecule has 5 heterocycles. The average molecular weight is 570 g/mol. The second-order valence-corrected chi connectivity index (χ2v) is 10.8. The standard InChI is InChI=1S/C28H26F3N5O5/c29-28(30,31)40-22-4-2-1-3-19(22)24-21(25(41-34-24)15-5-6-15)14-39-18-11-16-7-8-17(12-18)36(16)23-9-10-35-26(33-23)20(13-32-35)27(37)38/h1-4,9-10,13,15-18H,5-8,11-12,14H2,(H,37,38)/t16-,17+,18?. The van der Waals surface area contributed by atoms with Gasteiger partial charge in [-0.2, -0.15) is 5.10 Å². The zero-order valence-corrected chi connectivity index (χ0v) is 21.8. The number of aromatic carboxylic acids is 1. The van der Waals surface area contributed by atoms with Crippen LogP contribution in [0.15, 0.2) is 47.2 Å². The van der Waals surface area contributed by atoms with Crippen LogP contribution in [0.25, 0.3) is 16.9 Å². The predicted octanol–water partition coefficient (Wildman–Crippen LogP) is 5.58. The Bertz CT molecular complexity index is 1600. The van der Waals surface area contributed by atoms with Crippen LogP contribution < -0.4 is 9.64 Å². The molecule has 2 saturated heterocycles. The number of halogens is 3. The predicted molar refractivity (Wildman–Crippen MR) is 138 cm³/mol. The van der Waals surface area contributed by atoms with Gasteiger partial charge >= 0.3 is 12.3 Å². The molecule has 0 radical (unpaired) electrons. The number of carboxylic acid groups (broad SMARTS) is 1. The number of aromatic nitrogens is 4. The van der Waals surface area contributed by atoms with Crippen molar-refractivity contribution in [2.45, 2.75) is 75.6 Å². The highest BCUT2D eigenvalue weighted by atomic mass is 19.4. The van der Waals surface area contributed by atoms with E-state index in [2.05, 4.69) is 24.9 Å². The molecule has 1 aromatic carbocycles. The number of benzene rings is 1. The number of carbonyl (C=O) groups is 1. The van der Waals surface area contributed by atoms with Gasteiger partial charge in [-0.1, -0.05) is 17.3 Å². The van der Waals surface area contributed by atoms with Crippen molar-refractivity contribution < 1.29 is 37.1 Å². The van der Waals surface area contributed by atoms with Gasteiger partial charge < -0.3 is 24.0 Å². The van der Waals surface area contributed by atoms with E-state index in [1.807, 2.05) is 6.07 Å². The van der Waals surface area contributed by atoms with Crippen molar-refractivity contribution in [2.75, 3.05) is 4.90 Å². The molecule has 3 fully saturated rings. The molecule has 41 heavy (non-hydrogen) atoms. The normalized spacial score (nSPS) is 22.4. The van der Waals surface area contributed by atoms with Crippen molar-refractivity contribution in [3.63, 3.8) is 0 Å². The van der Waals surface area contributed by atoms with Crippen LogP contribution in [-0.4, -0.2) is 55.4 Å². The van der Waals surface area contributed by atoms with Gasteiger partial charge in [-0.15, -0.1) is 13.2 Å². The Hall–Kier alpha value is -4.13. The van der Waals surface area contributed by atoms with Crippen LogP contribution in [0.1, 0.15) is 66.1 Å². The maximum absolute atomic E-state index is 13.1. The average Bonchev–Trinajstić information content (AvgIpc) is 3.44. The van der Waals surface area contributed by atoms with Crippen molar-refractivity contribution in [2.24, 2.45) is 0 Å². The minimum atomic E-state index is -4.84. The fraction of sp³-hybridized carbons (Fsp3) is 0.429. The number of carboxylic acids is 1. The van der Waals surface area contributed by atoms with Crippen LogP contribution in [0.3, 0.4) is 0 Å². The Balaban J connectivity index is 1.10. The minimum Gasteiger partial charge on any atom is -0.477 e. The summed E-state index contributed by atoms with van der Waals surface area (Å²) < 4.78 is 57.1. The summed E-state index contributed by atoms with van der Waals surface area (Å²) >= 11 is 0. The first-order valence-corrected chi connectivity index (χ1v) is 13.6. The Morgan fingerprint density at radius 2 is 1.85 bits per heavy atom. The number of para-hydroxylation sites is 1. The maximum atomic E-state index is 13.1. The summed E-state index contributed by atoms with van der Waals surface area (Å²) in [6.45, 7) is 0.164. The molecule has 7 rings (SSSR count). The van der Waals surface area contributed by atoms with Crippen LogP contribution in [0.4, 0.5) is 19.0 Å². The molecule has 3 aliphatic rings. The van der Waals surface area contributed by atoms with E-state index in [9.17, 15) is 23.1 Å². The molecule has 4 aromatic rings. The van der Waals surface area contributed by atoms with Gasteiger partial charge in [0.05, 0.1) is 18.9 Å². The topological polar surface area (TPSA) is 115 Å². The molecule has 10 nitrogen and oxygen atoms in total. The Morgan fingerprint density at radius 1 is 1.10 bits per heavy atom. The number of rotatable bonds is 8. The molecule has 2 bridgehead atoms. The lowest BCUT2D eigenvalue weighted by Gasteiger charge is -2.39. The molecule has 0 spiro atoms. The van der Waals surface area contributed by atoms with Gasteiger partial charge in [-0.05, 0) is 56.7 Å². The van der Waals surface area contributed by atoms with Crippen molar-refractivity contribution in [1.29, 1.82) is 0 Å². The molecule has 3 atom stereocenters. The van der Waals surface area contributed by atoms with Crippen LogP contribution in [0.2, 0.25) is 0 Å². The second kappa shape index (κ2) is 9.75. The zero-order chi connectivity index (χ0) is 28.3. The highest BCUT2D eigenvalue weighted by molar-refractivity contribution is 5.94. The van der Waals surface area contributed by atoms with E-state index >= 15 is 0 Å². The number of piperidine rings is 1. The van der Waals surface area contributed by atoms with Gasteiger partial charge in [0.1, 0.15) is 28.6 Å². The van der Waals surface area contributed by atoms with Gasteiger partial charge in [-0.25, -0.2) is 14.3 Å². The molecule has 13 heteroatoms. The lowest BCUT2D eigenvalue weighted by atomic mass is 9.99. The SMILES string of the molecule is O=C(O)c1cnn2ccc(N3[C@@H]4CC[C@H]3CC(OCc3c(-c5ccccc5OC(F)(F)F)noc3C3CC3)C4)nc12. The smallest absolute Gasteiger partial charge is 0.477 e. The van der Waals surface area contributed by atoms with E-state index in [0.717, 1.165) is 38.5 Å². The first kappa shape index (κ1) is 25.8. The van der Waals surface area contributed by atoms with Gasteiger partial charge in [0, 0.05) is 35.3 Å². The van der Waals surface area contributed by atoms with E-state index in [-0.39, 0.29) is 47.6 Å². The fourth-order valence-corrected chi connectivity index (χ4v) is 6.21. The summed E-state index contributed by atoms with van der Waals surface area (Å²) in [5.74, 6) is 0.145. The molecule has 0 amide bonds. The van der Waals surface area contributed by atoms with Crippen molar-refractivity contribution >= 4 is 17.4 Å². The number of fused-ring (bicyclic) bond motifs is 3. The van der Waals surface area contributed by atoms with Gasteiger partial charge in [0.15, 0.2) is 5.65 Å². The number of nitrogens with zero attached hydrogens (tertiary/aromatic N) is 5. The highest BCUT2D eigenvalue weighted by Gasteiger charge is 2.43. The number of anilines is 1. The maximum Gasteiger partial charge on any atom is 0.573 e. The quantitative estimate of drug-likeness (QED) is 0.291. The van der Waals surface area contributed by atoms with E-state index in [4.69, 9.17) is 9.26 Å². The van der Waals surface area contributed by atoms with Crippen LogP contribution >= 0.6 is 0 Å². The third-order valence-electron chi connectivity index (χ3n) is 8.14. The van der Waals surface area contributed by atoms with Crippen LogP contribution in [-0.2, 0) is 11.3 Å². The summed E-state index contributed by atoms with van der Waals surface area (Å²) in [4.78, 5) is 18.5. The first-order valence-electron chi connectivity index (χ1n) is 13.6. The Kier molecular flexibility index (Phi) is 6.14. The third kappa shape index (κ3) is 4.88. The fourth-order valence-electron chi connectivity index (χ4n) is 6.21. The molecule has 2 aliphatic heterocycles. The van der Waals surface area contributed by atoms with Gasteiger partial charge in [0.2, 0.25) is 0 Å². The molecular weight excluding hydrogens is 543 g/mol. The first-order chi connectivity index (χ1) is 19.7. The van der Waals surface area contributed by atoms with E-state index in [1.165, 1.54) is 28.9 Å². The zero-order valence-electron chi connectivity index (χ0n) is 21.8. The van der Waals surface area contributed by atoms with E-state index in [1.54, 1.807) is 12.3 Å². The highest BCUT2D eigenvalue weighted by Crippen LogP contribution is 2.46. The van der Waals surface area contributed by atoms with Crippen molar-refractivity contribution in [3.8, 4) is 17.0 Å². The van der Waals surface area contributed by atoms with E-state index in [0.29, 0.717) is 28.5 Å². The molecule has 1 unspecified atom stereocenters. The monoisotopic (exact) mass is 569 g/mol. The van der Waals surface area contributed by atoms with Crippen LogP contribution in [0.5, 0.6) is 5.75 Å². The molecule has 3 aromatic heterocycles. The largest absolute Gasteiger partial charge is 0.573 e. The number of ether oxygens (including phenoxy) is 2. The summed E-state index contributed by atoms with van der Waals surface area (Å²) in [6.07, 6.45) is 3.36. The molecule has 1 aliphatic carbocycles. The lowest BCUT2D eigenvalue weighted by molar-refractivity contribution is -0.274. The molecule has 1 N–H and O–H groups in total. The summed E-state index contributed by atoms with van der Waals surface area (Å²) in [6, 6.07) is 8.10. The Morgan fingerprint density at radius 3 is 2.56 bits per heavy atom. The third-order valence-corrected chi connectivity index (χ3v) is 8.14. The minimum absolute atomic E-state index is 0.0515. The van der Waals surface area contributed by atoms with Gasteiger partial charge in [0.25, 0.3) is 0 Å².